The van der Waals surface area contributed by atoms with E-state index in [9.17, 15) is 4.79 Å². The molecule has 1 fully saturated rings. The molecule has 1 N–H and O–H groups in total. The van der Waals surface area contributed by atoms with Gasteiger partial charge in [0.15, 0.2) is 0 Å². The van der Waals surface area contributed by atoms with Crippen molar-refractivity contribution in [3.63, 3.8) is 0 Å². The van der Waals surface area contributed by atoms with Gasteiger partial charge in [-0.15, -0.1) is 12.4 Å². The van der Waals surface area contributed by atoms with E-state index in [-0.39, 0.29) is 18.3 Å². The van der Waals surface area contributed by atoms with Gasteiger partial charge in [-0.3, -0.25) is 4.79 Å². The highest BCUT2D eigenvalue weighted by atomic mass is 35.5. The van der Waals surface area contributed by atoms with Crippen molar-refractivity contribution < 1.29 is 4.79 Å². The van der Waals surface area contributed by atoms with Crippen LogP contribution in [0.5, 0.6) is 0 Å². The molecule has 0 radical (unpaired) electrons. The molecule has 1 aliphatic rings. The molecule has 0 unspecified atom stereocenters. The summed E-state index contributed by atoms with van der Waals surface area (Å²) in [6.45, 7) is 4.05. The molecule has 0 aromatic heterocycles. The predicted octanol–water partition coefficient (Wildman–Crippen LogP) is 2.02. The van der Waals surface area contributed by atoms with Crippen LogP contribution in [0.3, 0.4) is 0 Å². The average Bonchev–Trinajstić information content (AvgIpc) is 2.45. The van der Waals surface area contributed by atoms with Gasteiger partial charge in [0.05, 0.1) is 0 Å². The van der Waals surface area contributed by atoms with Crippen molar-refractivity contribution >= 4 is 35.6 Å². The quantitative estimate of drug-likeness (QED) is 0.923. The van der Waals surface area contributed by atoms with Crippen LogP contribution in [0.4, 0.5) is 5.69 Å². The molecule has 2 rings (SSSR count). The number of anilines is 1. The summed E-state index contributed by atoms with van der Waals surface area (Å²) < 4.78 is 0. The van der Waals surface area contributed by atoms with Crippen molar-refractivity contribution in [3.8, 4) is 0 Å². The minimum atomic E-state index is 0. The number of rotatable bonds is 4. The van der Waals surface area contributed by atoms with Gasteiger partial charge in [-0.25, -0.2) is 0 Å². The number of nitrogens with one attached hydrogen (secondary N) is 1. The number of piperazine rings is 1. The van der Waals surface area contributed by atoms with Crippen molar-refractivity contribution in [2.24, 2.45) is 0 Å². The Morgan fingerprint density at radius 2 is 2.00 bits per heavy atom. The highest BCUT2D eigenvalue weighted by molar-refractivity contribution is 6.30. The summed E-state index contributed by atoms with van der Waals surface area (Å²) in [5.41, 5.74) is 1.13. The zero-order valence-corrected chi connectivity index (χ0v) is 13.2. The zero-order valence-electron chi connectivity index (χ0n) is 11.6. The van der Waals surface area contributed by atoms with E-state index >= 15 is 0 Å². The van der Waals surface area contributed by atoms with E-state index in [4.69, 9.17) is 11.6 Å². The molecule has 0 aliphatic carbocycles. The van der Waals surface area contributed by atoms with Gasteiger partial charge in [-0.2, -0.15) is 0 Å². The van der Waals surface area contributed by atoms with Crippen LogP contribution >= 0.6 is 24.0 Å². The summed E-state index contributed by atoms with van der Waals surface area (Å²) in [6, 6.07) is 7.87. The number of benzene rings is 1. The Kier molecular flexibility index (Phi) is 7.13. The molecule has 0 spiro atoms. The van der Waals surface area contributed by atoms with E-state index < -0.39 is 0 Å². The first-order chi connectivity index (χ1) is 9.20. The van der Waals surface area contributed by atoms with Gasteiger partial charge in [-0.1, -0.05) is 17.7 Å². The summed E-state index contributed by atoms with van der Waals surface area (Å²) in [7, 11) is 1.87. The summed E-state index contributed by atoms with van der Waals surface area (Å²) in [5, 5.41) is 3.76. The molecule has 1 heterocycles. The second kappa shape index (κ2) is 8.35. The minimum absolute atomic E-state index is 0. The fourth-order valence-electron chi connectivity index (χ4n) is 2.28. The molecule has 1 amide bonds. The summed E-state index contributed by atoms with van der Waals surface area (Å²) in [6.07, 6.45) is 0.577. The number of amides is 1. The van der Waals surface area contributed by atoms with Gasteiger partial charge < -0.3 is 15.1 Å². The Morgan fingerprint density at radius 1 is 1.30 bits per heavy atom. The molecule has 20 heavy (non-hydrogen) atoms. The van der Waals surface area contributed by atoms with Crippen molar-refractivity contribution in [1.82, 2.24) is 10.2 Å². The predicted molar refractivity (Wildman–Crippen MR) is 86.0 cm³/mol. The molecule has 0 bridgehead atoms. The Morgan fingerprint density at radius 3 is 2.60 bits per heavy atom. The maximum Gasteiger partial charge on any atom is 0.223 e. The highest BCUT2D eigenvalue weighted by Gasteiger charge is 2.20. The van der Waals surface area contributed by atoms with Gasteiger partial charge >= 0.3 is 0 Å². The molecule has 0 atom stereocenters. The Balaban J connectivity index is 0.00000200. The van der Waals surface area contributed by atoms with E-state index in [0.29, 0.717) is 6.42 Å². The largest absolute Gasteiger partial charge is 0.368 e. The van der Waals surface area contributed by atoms with E-state index in [1.165, 1.54) is 0 Å². The molecule has 1 aromatic carbocycles. The first kappa shape index (κ1) is 17.1. The van der Waals surface area contributed by atoms with Gasteiger partial charge in [0.25, 0.3) is 0 Å². The third-order valence-electron chi connectivity index (χ3n) is 3.39. The lowest BCUT2D eigenvalue weighted by Gasteiger charge is -2.36. The Bertz CT molecular complexity index is 434. The van der Waals surface area contributed by atoms with Crippen LogP contribution in [-0.2, 0) is 4.79 Å². The van der Waals surface area contributed by atoms with Crippen LogP contribution in [0, 0.1) is 0 Å². The molecule has 6 heteroatoms. The summed E-state index contributed by atoms with van der Waals surface area (Å²) in [4.78, 5) is 16.1. The molecule has 0 saturated carbocycles. The zero-order chi connectivity index (χ0) is 13.7. The van der Waals surface area contributed by atoms with Gasteiger partial charge in [0.1, 0.15) is 0 Å². The third-order valence-corrected chi connectivity index (χ3v) is 3.63. The molecular weight excluding hydrogens is 297 g/mol. The van der Waals surface area contributed by atoms with Crippen LogP contribution in [0.15, 0.2) is 24.3 Å². The summed E-state index contributed by atoms with van der Waals surface area (Å²) >= 11 is 6.00. The first-order valence-electron chi connectivity index (χ1n) is 6.63. The van der Waals surface area contributed by atoms with Crippen LogP contribution in [0.2, 0.25) is 5.02 Å². The third kappa shape index (κ3) is 4.54. The highest BCUT2D eigenvalue weighted by Crippen LogP contribution is 2.20. The van der Waals surface area contributed by atoms with E-state index in [0.717, 1.165) is 43.4 Å². The first-order valence-corrected chi connectivity index (χ1v) is 7.01. The van der Waals surface area contributed by atoms with Gasteiger partial charge in [-0.05, 0) is 25.2 Å². The fourth-order valence-corrected chi connectivity index (χ4v) is 2.46. The van der Waals surface area contributed by atoms with E-state index in [1.54, 1.807) is 0 Å². The molecule has 1 aromatic rings. The van der Waals surface area contributed by atoms with Gasteiger partial charge in [0.2, 0.25) is 5.91 Å². The van der Waals surface area contributed by atoms with Crippen LogP contribution < -0.4 is 10.2 Å². The number of hydrogen-bond donors (Lipinski definition) is 1. The van der Waals surface area contributed by atoms with E-state index in [1.807, 2.05) is 30.1 Å². The molecular formula is C14H21Cl2N3O. The fraction of sp³-hybridized carbons (Fsp3) is 0.500. The van der Waals surface area contributed by atoms with E-state index in [2.05, 4.69) is 16.3 Å². The minimum Gasteiger partial charge on any atom is -0.368 e. The average molecular weight is 318 g/mol. The van der Waals surface area contributed by atoms with Crippen LogP contribution in [0.25, 0.3) is 0 Å². The lowest BCUT2D eigenvalue weighted by Crippen LogP contribution is -2.49. The van der Waals surface area contributed by atoms with Crippen molar-refractivity contribution in [1.29, 1.82) is 0 Å². The summed E-state index contributed by atoms with van der Waals surface area (Å²) in [5.74, 6) is 0.236. The number of nitrogens with zero attached hydrogens (tertiary/aromatic N) is 2. The monoisotopic (exact) mass is 317 g/mol. The number of carbonyl (C=O) groups is 1. The second-order valence-electron chi connectivity index (χ2n) is 4.70. The second-order valence-corrected chi connectivity index (χ2v) is 5.14. The molecule has 1 saturated heterocycles. The van der Waals surface area contributed by atoms with Crippen molar-refractivity contribution in [2.45, 2.75) is 6.42 Å². The Hall–Kier alpha value is -0.970. The van der Waals surface area contributed by atoms with Crippen LogP contribution in [-0.4, -0.2) is 50.6 Å². The maximum absolute atomic E-state index is 11.9. The smallest absolute Gasteiger partial charge is 0.223 e. The number of carbonyl (C=O) groups excluding carboxylic acids is 1. The lowest BCUT2D eigenvalue weighted by molar-refractivity contribution is -0.131. The van der Waals surface area contributed by atoms with Crippen molar-refractivity contribution in [3.05, 3.63) is 29.3 Å². The van der Waals surface area contributed by atoms with Crippen molar-refractivity contribution in [2.75, 3.05) is 44.7 Å². The van der Waals surface area contributed by atoms with Gasteiger partial charge in [0, 0.05) is 49.9 Å². The normalized spacial score (nSPS) is 14.9. The standard InChI is InChI=1S/C14H20ClN3O.ClH/c1-16-6-5-14(19)18-9-7-17(8-10-18)13-4-2-3-12(15)11-13;/h2-4,11,16H,5-10H2,1H3;1H. The molecule has 4 nitrogen and oxygen atoms in total. The lowest BCUT2D eigenvalue weighted by atomic mass is 10.2. The maximum atomic E-state index is 11.9. The molecule has 112 valence electrons. The number of halogens is 2. The topological polar surface area (TPSA) is 35.6 Å². The number of hydrogen-bond acceptors (Lipinski definition) is 3. The Labute approximate surface area is 131 Å². The molecule has 1 aliphatic heterocycles. The van der Waals surface area contributed by atoms with Crippen LogP contribution in [0.1, 0.15) is 6.42 Å². The SMILES string of the molecule is CNCCC(=O)N1CCN(c2cccc(Cl)c2)CC1.Cl.